The minimum Gasteiger partial charge on any atom is -0.478 e. The van der Waals surface area contributed by atoms with Crippen LogP contribution in [0.5, 0.6) is 0 Å². The topological polar surface area (TPSA) is 125 Å². The van der Waals surface area contributed by atoms with Crippen LogP contribution < -0.4 is 0 Å². The zero-order valence-corrected chi connectivity index (χ0v) is 16.3. The van der Waals surface area contributed by atoms with E-state index >= 15 is 0 Å². The normalized spacial score (nSPS) is 20.8. The Balaban J connectivity index is 2.08. The van der Waals surface area contributed by atoms with Gasteiger partial charge in [0.1, 0.15) is 0 Å². The molecule has 1 aliphatic rings. The molecule has 2 aromatic rings. The molecule has 3 rings (SSSR count). The average Bonchev–Trinajstić information content (AvgIpc) is 2.69. The SMILES string of the molecule is CC1(C)CC[C@H](O)C[C@@H]1C(=O)c1cc(C(=O)O)cc(-c2cncc(C(=O)O)c2)c1. The Hall–Kier alpha value is -3.06. The van der Waals surface area contributed by atoms with E-state index in [0.29, 0.717) is 30.4 Å². The summed E-state index contributed by atoms with van der Waals surface area (Å²) < 4.78 is 0. The van der Waals surface area contributed by atoms with Gasteiger partial charge in [0.05, 0.1) is 17.2 Å². The zero-order chi connectivity index (χ0) is 21.3. The number of benzene rings is 1. The fourth-order valence-corrected chi connectivity index (χ4v) is 3.86. The van der Waals surface area contributed by atoms with Crippen molar-refractivity contribution in [3.05, 3.63) is 53.3 Å². The van der Waals surface area contributed by atoms with Crippen LogP contribution >= 0.6 is 0 Å². The van der Waals surface area contributed by atoms with Gasteiger partial charge in [-0.2, -0.15) is 0 Å². The molecule has 152 valence electrons. The third-order valence-corrected chi connectivity index (χ3v) is 5.67. The highest BCUT2D eigenvalue weighted by Gasteiger charge is 2.40. The molecule has 2 atom stereocenters. The molecule has 3 N–H and O–H groups in total. The number of rotatable bonds is 5. The third kappa shape index (κ3) is 4.35. The molecule has 0 aliphatic heterocycles. The number of nitrogens with zero attached hydrogens (tertiary/aromatic N) is 1. The Bertz CT molecular complexity index is 981. The summed E-state index contributed by atoms with van der Waals surface area (Å²) in [5.74, 6) is -3.00. The number of carboxylic acids is 2. The molecule has 1 heterocycles. The maximum absolute atomic E-state index is 13.3. The number of hydrogen-bond donors (Lipinski definition) is 3. The third-order valence-electron chi connectivity index (χ3n) is 5.67. The number of carbonyl (C=O) groups excluding carboxylic acids is 1. The first-order valence-electron chi connectivity index (χ1n) is 9.38. The molecule has 1 aromatic heterocycles. The second-order valence-electron chi connectivity index (χ2n) is 8.21. The first-order chi connectivity index (χ1) is 13.6. The Morgan fingerprint density at radius 1 is 0.931 bits per heavy atom. The van der Waals surface area contributed by atoms with Gasteiger partial charge in [-0.05, 0) is 54.5 Å². The van der Waals surface area contributed by atoms with Crippen LogP contribution in [0.3, 0.4) is 0 Å². The van der Waals surface area contributed by atoms with Crippen molar-refractivity contribution in [2.75, 3.05) is 0 Å². The molecular formula is C22H23NO6. The molecule has 29 heavy (non-hydrogen) atoms. The molecule has 0 bridgehead atoms. The number of aromatic nitrogens is 1. The largest absolute Gasteiger partial charge is 0.478 e. The van der Waals surface area contributed by atoms with Crippen molar-refractivity contribution in [2.24, 2.45) is 11.3 Å². The van der Waals surface area contributed by atoms with Gasteiger partial charge in [-0.15, -0.1) is 0 Å². The Labute approximate surface area is 168 Å². The summed E-state index contributed by atoms with van der Waals surface area (Å²) in [7, 11) is 0. The number of aliphatic hydroxyl groups excluding tert-OH is 1. The van der Waals surface area contributed by atoms with Crippen molar-refractivity contribution < 1.29 is 29.7 Å². The van der Waals surface area contributed by atoms with E-state index < -0.39 is 24.0 Å². The molecule has 1 saturated carbocycles. The van der Waals surface area contributed by atoms with Crippen LogP contribution in [0.2, 0.25) is 0 Å². The van der Waals surface area contributed by atoms with E-state index in [0.717, 1.165) is 0 Å². The van der Waals surface area contributed by atoms with Gasteiger partial charge in [0.15, 0.2) is 5.78 Å². The molecule has 1 aliphatic carbocycles. The lowest BCUT2D eigenvalue weighted by molar-refractivity contribution is 0.0270. The number of aromatic carboxylic acids is 2. The smallest absolute Gasteiger partial charge is 0.337 e. The second kappa shape index (κ2) is 7.75. The van der Waals surface area contributed by atoms with Crippen LogP contribution in [0.15, 0.2) is 36.7 Å². The molecule has 7 heteroatoms. The lowest BCUT2D eigenvalue weighted by Crippen LogP contribution is -2.39. The van der Waals surface area contributed by atoms with Crippen molar-refractivity contribution in [3.8, 4) is 11.1 Å². The molecular weight excluding hydrogens is 374 g/mol. The van der Waals surface area contributed by atoms with Crippen LogP contribution in [-0.2, 0) is 0 Å². The first-order valence-corrected chi connectivity index (χ1v) is 9.38. The lowest BCUT2D eigenvalue weighted by atomic mass is 9.65. The molecule has 1 aromatic carbocycles. The van der Waals surface area contributed by atoms with Gasteiger partial charge in [-0.25, -0.2) is 9.59 Å². The van der Waals surface area contributed by atoms with Crippen LogP contribution in [0.1, 0.15) is 64.2 Å². The highest BCUT2D eigenvalue weighted by atomic mass is 16.4. The van der Waals surface area contributed by atoms with Gasteiger partial charge in [0.25, 0.3) is 0 Å². The van der Waals surface area contributed by atoms with E-state index in [2.05, 4.69) is 4.98 Å². The summed E-state index contributed by atoms with van der Waals surface area (Å²) in [6, 6.07) is 5.68. The predicted octanol–water partition coefficient (Wildman–Crippen LogP) is 3.51. The number of carboxylic acid groups (broad SMARTS) is 2. The van der Waals surface area contributed by atoms with Crippen molar-refractivity contribution in [1.82, 2.24) is 4.98 Å². The standard InChI is InChI=1S/C22H23NO6/c1-22(2)4-3-17(24)9-18(22)19(25)13-5-12(6-14(7-13)20(26)27)15-8-16(21(28)29)11-23-10-15/h5-8,10-11,17-18,24H,3-4,9H2,1-2H3,(H,26,27)(H,28,29)/t17-,18+/m0/s1. The number of hydrogen-bond acceptors (Lipinski definition) is 5. The fraction of sp³-hybridized carbons (Fsp3) is 0.364. The minimum absolute atomic E-state index is 0.0346. The Kier molecular flexibility index (Phi) is 5.53. The van der Waals surface area contributed by atoms with Gasteiger partial charge in [0.2, 0.25) is 0 Å². The Morgan fingerprint density at radius 2 is 1.55 bits per heavy atom. The van der Waals surface area contributed by atoms with E-state index in [1.54, 1.807) is 6.07 Å². The molecule has 0 spiro atoms. The van der Waals surface area contributed by atoms with Crippen LogP contribution in [0, 0.1) is 11.3 Å². The highest BCUT2D eigenvalue weighted by Crippen LogP contribution is 2.42. The number of Topliss-reactive ketones (excluding diaryl/α,β-unsaturated/α-hetero) is 1. The molecule has 1 fully saturated rings. The quantitative estimate of drug-likeness (QED) is 0.659. The fourth-order valence-electron chi connectivity index (χ4n) is 3.86. The predicted molar refractivity (Wildman–Crippen MR) is 105 cm³/mol. The van der Waals surface area contributed by atoms with E-state index in [1.807, 2.05) is 13.8 Å². The summed E-state index contributed by atoms with van der Waals surface area (Å²) in [5, 5.41) is 28.7. The van der Waals surface area contributed by atoms with Crippen LogP contribution in [-0.4, -0.2) is 44.1 Å². The van der Waals surface area contributed by atoms with Gasteiger partial charge < -0.3 is 15.3 Å². The monoisotopic (exact) mass is 397 g/mol. The number of aliphatic hydroxyl groups is 1. The van der Waals surface area contributed by atoms with E-state index in [4.69, 9.17) is 0 Å². The van der Waals surface area contributed by atoms with E-state index in [9.17, 15) is 29.7 Å². The summed E-state index contributed by atoms with van der Waals surface area (Å²) in [5.41, 5.74) is 0.615. The summed E-state index contributed by atoms with van der Waals surface area (Å²) in [6.07, 6.45) is 3.72. The van der Waals surface area contributed by atoms with E-state index in [1.165, 1.54) is 30.6 Å². The summed E-state index contributed by atoms with van der Waals surface area (Å²) in [6.45, 7) is 3.95. The van der Waals surface area contributed by atoms with Gasteiger partial charge in [-0.1, -0.05) is 13.8 Å². The lowest BCUT2D eigenvalue weighted by Gasteiger charge is -2.39. The highest BCUT2D eigenvalue weighted by molar-refractivity contribution is 6.02. The second-order valence-corrected chi connectivity index (χ2v) is 8.21. The number of pyridine rings is 1. The molecule has 0 radical (unpaired) electrons. The number of ketones is 1. The van der Waals surface area contributed by atoms with Crippen LogP contribution in [0.25, 0.3) is 11.1 Å². The summed E-state index contributed by atoms with van der Waals surface area (Å²) >= 11 is 0. The van der Waals surface area contributed by atoms with Crippen molar-refractivity contribution in [2.45, 2.75) is 39.2 Å². The minimum atomic E-state index is -1.19. The van der Waals surface area contributed by atoms with Gasteiger partial charge in [0, 0.05) is 29.4 Å². The van der Waals surface area contributed by atoms with Crippen molar-refractivity contribution in [3.63, 3.8) is 0 Å². The van der Waals surface area contributed by atoms with E-state index in [-0.39, 0.29) is 27.9 Å². The molecule has 0 saturated heterocycles. The molecule has 0 unspecified atom stereocenters. The Morgan fingerprint density at radius 3 is 2.21 bits per heavy atom. The zero-order valence-electron chi connectivity index (χ0n) is 16.3. The van der Waals surface area contributed by atoms with Gasteiger partial charge >= 0.3 is 11.9 Å². The summed E-state index contributed by atoms with van der Waals surface area (Å²) in [4.78, 5) is 40.0. The maximum Gasteiger partial charge on any atom is 0.337 e. The first kappa shape index (κ1) is 20.7. The van der Waals surface area contributed by atoms with Crippen molar-refractivity contribution in [1.29, 1.82) is 0 Å². The number of carbonyl (C=O) groups is 3. The molecule has 0 amide bonds. The van der Waals surface area contributed by atoms with Crippen LogP contribution in [0.4, 0.5) is 0 Å². The average molecular weight is 397 g/mol. The van der Waals surface area contributed by atoms with Gasteiger partial charge in [-0.3, -0.25) is 9.78 Å². The molecule has 7 nitrogen and oxygen atoms in total. The van der Waals surface area contributed by atoms with Crippen molar-refractivity contribution >= 4 is 17.7 Å². The maximum atomic E-state index is 13.3.